The first-order chi connectivity index (χ1) is 8.17. The summed E-state index contributed by atoms with van der Waals surface area (Å²) in [7, 11) is -4.13. The second-order valence-electron chi connectivity index (χ2n) is 4.04. The van der Waals surface area contributed by atoms with E-state index in [1.54, 1.807) is 0 Å². The Kier molecular flexibility index (Phi) is 7.54. The summed E-state index contributed by atoms with van der Waals surface area (Å²) in [4.78, 5) is 0. The highest BCUT2D eigenvalue weighted by Gasteiger charge is 2.41. The Balaban J connectivity index is 4.30. The predicted molar refractivity (Wildman–Crippen MR) is 63.7 cm³/mol. The lowest BCUT2D eigenvalue weighted by molar-refractivity contribution is -0.178. The van der Waals surface area contributed by atoms with Gasteiger partial charge in [0.2, 0.25) is 0 Å². The molecule has 0 heterocycles. The molecule has 1 unspecified atom stereocenters. The molecule has 0 aliphatic rings. The van der Waals surface area contributed by atoms with Gasteiger partial charge in [-0.2, -0.15) is 21.6 Å². The molecule has 0 aromatic heterocycles. The maximum absolute atomic E-state index is 12.4. The van der Waals surface area contributed by atoms with Gasteiger partial charge in [0.05, 0.1) is 6.26 Å². The van der Waals surface area contributed by atoms with E-state index < -0.39 is 22.4 Å². The fraction of sp³-hybridized carbons (Fsp3) is 0.818. The van der Waals surface area contributed by atoms with Crippen molar-refractivity contribution in [1.82, 2.24) is 0 Å². The Hall–Kier alpha value is -0.560. The van der Waals surface area contributed by atoms with E-state index in [1.165, 1.54) is 6.08 Å². The average molecular weight is 288 g/mol. The third-order valence-corrected chi connectivity index (χ3v) is 2.69. The standard InChI is InChI=1S/C11H19F3O3S/c1-3-4-5-6-7-8-9-10(11(12,13)14)17-18(2,15)16/h8-10H,3-7H2,1-2H3/b9-8-. The molecule has 3 nitrogen and oxygen atoms in total. The third kappa shape index (κ3) is 9.47. The zero-order valence-corrected chi connectivity index (χ0v) is 11.4. The minimum atomic E-state index is -4.72. The van der Waals surface area contributed by atoms with Gasteiger partial charge in [-0.05, 0) is 18.9 Å². The Morgan fingerprint density at radius 3 is 2.28 bits per heavy atom. The maximum atomic E-state index is 12.4. The molecule has 108 valence electrons. The monoisotopic (exact) mass is 288 g/mol. The number of alkyl halides is 3. The van der Waals surface area contributed by atoms with Gasteiger partial charge in [0.1, 0.15) is 0 Å². The summed E-state index contributed by atoms with van der Waals surface area (Å²) >= 11 is 0. The lowest BCUT2D eigenvalue weighted by Gasteiger charge is -2.15. The topological polar surface area (TPSA) is 43.4 Å². The highest BCUT2D eigenvalue weighted by Crippen LogP contribution is 2.25. The largest absolute Gasteiger partial charge is 0.419 e. The van der Waals surface area contributed by atoms with Crippen LogP contribution in [0.5, 0.6) is 0 Å². The highest BCUT2D eigenvalue weighted by atomic mass is 32.2. The van der Waals surface area contributed by atoms with E-state index >= 15 is 0 Å². The summed E-state index contributed by atoms with van der Waals surface area (Å²) in [6, 6.07) is 0. The fourth-order valence-corrected chi connectivity index (χ4v) is 1.84. The number of hydrogen-bond acceptors (Lipinski definition) is 3. The molecule has 18 heavy (non-hydrogen) atoms. The number of hydrogen-bond donors (Lipinski definition) is 0. The molecule has 0 bridgehead atoms. The van der Waals surface area contributed by atoms with Gasteiger partial charge in [-0.1, -0.05) is 32.3 Å². The Morgan fingerprint density at radius 2 is 1.83 bits per heavy atom. The third-order valence-electron chi connectivity index (χ3n) is 2.14. The quantitative estimate of drug-likeness (QED) is 0.390. The summed E-state index contributed by atoms with van der Waals surface area (Å²) in [6.07, 6.45) is -0.130. The number of unbranched alkanes of at least 4 members (excludes halogenated alkanes) is 4. The molecule has 0 aromatic rings. The first-order valence-electron chi connectivity index (χ1n) is 5.78. The van der Waals surface area contributed by atoms with Crippen molar-refractivity contribution in [1.29, 1.82) is 0 Å². The van der Waals surface area contributed by atoms with Crippen LogP contribution in [0.4, 0.5) is 13.2 Å². The van der Waals surface area contributed by atoms with Gasteiger partial charge in [-0.3, -0.25) is 4.18 Å². The Labute approximate surface area is 106 Å². The van der Waals surface area contributed by atoms with Crippen LogP contribution in [-0.2, 0) is 14.3 Å². The molecule has 1 atom stereocenters. The molecule has 0 saturated heterocycles. The molecule has 0 aliphatic heterocycles. The zero-order valence-electron chi connectivity index (χ0n) is 10.5. The van der Waals surface area contributed by atoms with Crippen LogP contribution in [-0.4, -0.2) is 27.0 Å². The van der Waals surface area contributed by atoms with Crippen molar-refractivity contribution in [2.75, 3.05) is 6.26 Å². The first-order valence-corrected chi connectivity index (χ1v) is 7.60. The molecule has 0 spiro atoms. The lowest BCUT2D eigenvalue weighted by Crippen LogP contribution is -2.31. The number of allylic oxidation sites excluding steroid dienone is 1. The van der Waals surface area contributed by atoms with Crippen molar-refractivity contribution >= 4 is 10.1 Å². The minimum absolute atomic E-state index is 0.486. The normalized spacial score (nSPS) is 15.2. The van der Waals surface area contributed by atoms with Gasteiger partial charge >= 0.3 is 6.18 Å². The van der Waals surface area contributed by atoms with Crippen molar-refractivity contribution in [3.05, 3.63) is 12.2 Å². The fourth-order valence-electron chi connectivity index (χ4n) is 1.29. The number of rotatable bonds is 8. The SMILES string of the molecule is CCCCCC/C=C\C(OS(C)(=O)=O)C(F)(F)F. The minimum Gasteiger partial charge on any atom is -0.253 e. The van der Waals surface area contributed by atoms with Crippen molar-refractivity contribution in [2.24, 2.45) is 0 Å². The average Bonchev–Trinajstić information content (AvgIpc) is 2.18. The van der Waals surface area contributed by atoms with E-state index in [4.69, 9.17) is 0 Å². The van der Waals surface area contributed by atoms with E-state index in [2.05, 4.69) is 4.18 Å². The second-order valence-corrected chi connectivity index (χ2v) is 5.64. The van der Waals surface area contributed by atoms with Crippen LogP contribution in [0.3, 0.4) is 0 Å². The molecule has 0 N–H and O–H groups in total. The summed E-state index contributed by atoms with van der Waals surface area (Å²) in [6.45, 7) is 2.04. The molecule has 0 aromatic carbocycles. The van der Waals surface area contributed by atoms with Crippen LogP contribution < -0.4 is 0 Å². The van der Waals surface area contributed by atoms with Crippen LogP contribution in [0.1, 0.15) is 39.0 Å². The van der Waals surface area contributed by atoms with Gasteiger partial charge in [-0.25, -0.2) is 0 Å². The predicted octanol–water partition coefficient (Wildman–Crippen LogP) is 3.42. The van der Waals surface area contributed by atoms with E-state index in [9.17, 15) is 21.6 Å². The van der Waals surface area contributed by atoms with Gasteiger partial charge < -0.3 is 0 Å². The summed E-state index contributed by atoms with van der Waals surface area (Å²) in [5, 5.41) is 0. The van der Waals surface area contributed by atoms with Gasteiger partial charge in [-0.15, -0.1) is 0 Å². The van der Waals surface area contributed by atoms with Crippen LogP contribution >= 0.6 is 0 Å². The molecular weight excluding hydrogens is 269 g/mol. The van der Waals surface area contributed by atoms with Crippen LogP contribution in [0, 0.1) is 0 Å². The molecule has 7 heteroatoms. The smallest absolute Gasteiger partial charge is 0.253 e. The van der Waals surface area contributed by atoms with Crippen molar-refractivity contribution < 1.29 is 25.8 Å². The van der Waals surface area contributed by atoms with E-state index in [1.807, 2.05) is 6.92 Å². The van der Waals surface area contributed by atoms with Crippen LogP contribution in [0.15, 0.2) is 12.2 Å². The molecule has 0 rings (SSSR count). The summed E-state index contributed by atoms with van der Waals surface area (Å²) in [5.74, 6) is 0. The van der Waals surface area contributed by atoms with Crippen LogP contribution in [0.25, 0.3) is 0 Å². The second kappa shape index (κ2) is 7.78. The molecule has 0 fully saturated rings. The number of halogens is 3. The van der Waals surface area contributed by atoms with E-state index in [-0.39, 0.29) is 0 Å². The zero-order chi connectivity index (χ0) is 14.2. The first kappa shape index (κ1) is 17.4. The van der Waals surface area contributed by atoms with Gasteiger partial charge in [0.15, 0.2) is 6.10 Å². The van der Waals surface area contributed by atoms with Gasteiger partial charge in [0, 0.05) is 0 Å². The molecule has 0 saturated carbocycles. The highest BCUT2D eigenvalue weighted by molar-refractivity contribution is 7.86. The van der Waals surface area contributed by atoms with Crippen molar-refractivity contribution in [3.8, 4) is 0 Å². The van der Waals surface area contributed by atoms with Gasteiger partial charge in [0.25, 0.3) is 10.1 Å². The Morgan fingerprint density at radius 1 is 1.22 bits per heavy atom. The Bertz CT molecular complexity index is 347. The van der Waals surface area contributed by atoms with E-state index in [0.29, 0.717) is 12.7 Å². The molecular formula is C11H19F3O3S. The maximum Gasteiger partial charge on any atom is 0.419 e. The molecule has 0 amide bonds. The van der Waals surface area contributed by atoms with E-state index in [0.717, 1.165) is 31.8 Å². The summed E-state index contributed by atoms with van der Waals surface area (Å²) < 4.78 is 62.7. The van der Waals surface area contributed by atoms with Crippen LogP contribution in [0.2, 0.25) is 0 Å². The summed E-state index contributed by atoms with van der Waals surface area (Å²) in [5.41, 5.74) is 0. The lowest BCUT2D eigenvalue weighted by atomic mass is 10.1. The molecule has 0 aliphatic carbocycles. The molecule has 0 radical (unpaired) electrons. The van der Waals surface area contributed by atoms with Crippen molar-refractivity contribution in [2.45, 2.75) is 51.3 Å². The van der Waals surface area contributed by atoms with Crippen molar-refractivity contribution in [3.63, 3.8) is 0 Å².